The van der Waals surface area contributed by atoms with Gasteiger partial charge in [-0.25, -0.2) is 4.98 Å². The highest BCUT2D eigenvalue weighted by Gasteiger charge is 2.23. The smallest absolute Gasteiger partial charge is 0.186 e. The molecule has 1 fully saturated rings. The highest BCUT2D eigenvalue weighted by Crippen LogP contribution is 2.33. The van der Waals surface area contributed by atoms with Crippen LogP contribution in [0.3, 0.4) is 0 Å². The first kappa shape index (κ1) is 17.4. The van der Waals surface area contributed by atoms with E-state index in [1.165, 1.54) is 18.4 Å². The molecule has 0 N–H and O–H groups in total. The van der Waals surface area contributed by atoms with Gasteiger partial charge in [-0.05, 0) is 49.9 Å². The Morgan fingerprint density at radius 1 is 1.14 bits per heavy atom. The van der Waals surface area contributed by atoms with Crippen molar-refractivity contribution < 1.29 is 0 Å². The zero-order valence-electron chi connectivity index (χ0n) is 16.1. The Labute approximate surface area is 168 Å². The van der Waals surface area contributed by atoms with Gasteiger partial charge < -0.3 is 4.90 Å². The van der Waals surface area contributed by atoms with Gasteiger partial charge in [-0.3, -0.25) is 0 Å². The van der Waals surface area contributed by atoms with Crippen molar-refractivity contribution in [3.05, 3.63) is 53.1 Å². The van der Waals surface area contributed by atoms with Crippen molar-refractivity contribution in [1.82, 2.24) is 19.8 Å². The molecule has 0 spiro atoms. The van der Waals surface area contributed by atoms with Gasteiger partial charge in [-0.15, -0.1) is 5.10 Å². The fourth-order valence-electron chi connectivity index (χ4n) is 4.17. The van der Waals surface area contributed by atoms with E-state index in [-0.39, 0.29) is 0 Å². The zero-order valence-corrected chi connectivity index (χ0v) is 16.8. The minimum Gasteiger partial charge on any atom is -0.356 e. The second-order valence-corrected chi connectivity index (χ2v) is 8.27. The van der Waals surface area contributed by atoms with Gasteiger partial charge in [0.1, 0.15) is 11.5 Å². The second kappa shape index (κ2) is 6.74. The maximum Gasteiger partial charge on any atom is 0.186 e. The largest absolute Gasteiger partial charge is 0.356 e. The SMILES string of the molecule is Cc1cccc(-c2nnn3c2nc(N2CCC[C@H](C)C2)c2cc(Cl)ccc23)c1. The average molecular weight is 392 g/mol. The van der Waals surface area contributed by atoms with Gasteiger partial charge in [0.2, 0.25) is 0 Å². The highest BCUT2D eigenvalue weighted by molar-refractivity contribution is 6.31. The lowest BCUT2D eigenvalue weighted by Crippen LogP contribution is -2.35. The van der Waals surface area contributed by atoms with E-state index in [9.17, 15) is 0 Å². The summed E-state index contributed by atoms with van der Waals surface area (Å²) in [5.41, 5.74) is 4.81. The van der Waals surface area contributed by atoms with E-state index in [1.807, 2.05) is 28.8 Å². The molecule has 2 aromatic carbocycles. The van der Waals surface area contributed by atoms with Gasteiger partial charge in [0.25, 0.3) is 0 Å². The Morgan fingerprint density at radius 2 is 2.04 bits per heavy atom. The van der Waals surface area contributed by atoms with Crippen LogP contribution in [0, 0.1) is 12.8 Å². The highest BCUT2D eigenvalue weighted by atomic mass is 35.5. The van der Waals surface area contributed by atoms with Crippen LogP contribution in [0.25, 0.3) is 27.8 Å². The number of hydrogen-bond donors (Lipinski definition) is 0. The molecule has 0 saturated carbocycles. The molecule has 6 heteroatoms. The number of benzene rings is 2. The number of nitrogens with zero attached hydrogens (tertiary/aromatic N) is 5. The summed E-state index contributed by atoms with van der Waals surface area (Å²) >= 11 is 6.34. The van der Waals surface area contributed by atoms with E-state index in [4.69, 9.17) is 16.6 Å². The number of aryl methyl sites for hydroxylation is 1. The summed E-state index contributed by atoms with van der Waals surface area (Å²) in [6, 6.07) is 14.2. The van der Waals surface area contributed by atoms with Crippen LogP contribution in [-0.4, -0.2) is 32.9 Å². The molecule has 0 bridgehead atoms. The van der Waals surface area contributed by atoms with Crippen molar-refractivity contribution in [2.45, 2.75) is 26.7 Å². The lowest BCUT2D eigenvalue weighted by atomic mass is 10.00. The van der Waals surface area contributed by atoms with Crippen LogP contribution in [0.4, 0.5) is 5.82 Å². The molecule has 3 heterocycles. The first-order chi connectivity index (χ1) is 13.6. The first-order valence-electron chi connectivity index (χ1n) is 9.77. The standard InChI is InChI=1S/C22H22ClN5/c1-14-5-3-7-16(11-14)20-22-24-21(27-10-4-6-15(2)13-27)18-12-17(23)8-9-19(18)28(22)26-25-20/h3,5,7-9,11-12,15H,4,6,10,13H2,1-2H3/t15-/m0/s1. The van der Waals surface area contributed by atoms with Crippen molar-refractivity contribution >= 4 is 34.0 Å². The van der Waals surface area contributed by atoms with Crippen LogP contribution in [0.2, 0.25) is 5.02 Å². The Bertz CT molecular complexity index is 1180. The minimum atomic E-state index is 0.653. The third-order valence-corrected chi connectivity index (χ3v) is 5.77. The molecule has 1 aliphatic rings. The first-order valence-corrected chi connectivity index (χ1v) is 10.1. The van der Waals surface area contributed by atoms with E-state index in [1.54, 1.807) is 0 Å². The molecule has 2 aromatic heterocycles. The number of hydrogen-bond acceptors (Lipinski definition) is 4. The average Bonchev–Trinajstić information content (AvgIpc) is 3.11. The number of fused-ring (bicyclic) bond motifs is 3. The van der Waals surface area contributed by atoms with Crippen LogP contribution in [0.1, 0.15) is 25.3 Å². The molecule has 5 nitrogen and oxygen atoms in total. The monoisotopic (exact) mass is 391 g/mol. The Morgan fingerprint density at radius 3 is 2.86 bits per heavy atom. The lowest BCUT2D eigenvalue weighted by molar-refractivity contribution is 0.445. The summed E-state index contributed by atoms with van der Waals surface area (Å²) < 4.78 is 1.83. The van der Waals surface area contributed by atoms with Crippen LogP contribution >= 0.6 is 11.6 Å². The Hall–Kier alpha value is -2.66. The van der Waals surface area contributed by atoms with Gasteiger partial charge >= 0.3 is 0 Å². The summed E-state index contributed by atoms with van der Waals surface area (Å²) in [5.74, 6) is 1.63. The maximum absolute atomic E-state index is 6.34. The Kier molecular flexibility index (Phi) is 4.20. The van der Waals surface area contributed by atoms with Crippen LogP contribution in [0.5, 0.6) is 0 Å². The molecule has 1 saturated heterocycles. The molecule has 0 aliphatic carbocycles. The van der Waals surface area contributed by atoms with Crippen molar-refractivity contribution in [3.8, 4) is 11.3 Å². The second-order valence-electron chi connectivity index (χ2n) is 7.83. The summed E-state index contributed by atoms with van der Waals surface area (Å²) in [4.78, 5) is 7.46. The molecular weight excluding hydrogens is 370 g/mol. The molecule has 0 amide bonds. The third-order valence-electron chi connectivity index (χ3n) is 5.53. The minimum absolute atomic E-state index is 0.653. The fraction of sp³-hybridized carbons (Fsp3) is 0.318. The third kappa shape index (κ3) is 2.90. The lowest BCUT2D eigenvalue weighted by Gasteiger charge is -2.32. The van der Waals surface area contributed by atoms with E-state index in [0.717, 1.165) is 46.7 Å². The van der Waals surface area contributed by atoms with E-state index < -0.39 is 0 Å². The quantitative estimate of drug-likeness (QED) is 0.474. The predicted molar refractivity (Wildman–Crippen MR) is 114 cm³/mol. The molecule has 4 aromatic rings. The predicted octanol–water partition coefficient (Wildman–Crippen LogP) is 5.14. The van der Waals surface area contributed by atoms with Crippen LogP contribution in [0.15, 0.2) is 42.5 Å². The molecule has 1 atom stereocenters. The molecule has 0 unspecified atom stereocenters. The van der Waals surface area contributed by atoms with Gasteiger partial charge in [0.15, 0.2) is 5.65 Å². The zero-order chi connectivity index (χ0) is 19.3. The number of rotatable bonds is 2. The molecule has 142 valence electrons. The molecule has 0 radical (unpaired) electrons. The number of aromatic nitrogens is 4. The van der Waals surface area contributed by atoms with Crippen molar-refractivity contribution in [1.29, 1.82) is 0 Å². The van der Waals surface area contributed by atoms with E-state index in [2.05, 4.69) is 47.3 Å². The van der Waals surface area contributed by atoms with E-state index in [0.29, 0.717) is 10.9 Å². The van der Waals surface area contributed by atoms with Crippen molar-refractivity contribution in [3.63, 3.8) is 0 Å². The molecule has 28 heavy (non-hydrogen) atoms. The molecule has 5 rings (SSSR count). The number of piperidine rings is 1. The molecular formula is C22H22ClN5. The van der Waals surface area contributed by atoms with Gasteiger partial charge in [-0.1, -0.05) is 47.5 Å². The maximum atomic E-state index is 6.34. The summed E-state index contributed by atoms with van der Waals surface area (Å²) in [6.45, 7) is 6.40. The normalized spacial score (nSPS) is 17.5. The summed E-state index contributed by atoms with van der Waals surface area (Å²) in [7, 11) is 0. The summed E-state index contributed by atoms with van der Waals surface area (Å²) in [6.07, 6.45) is 2.44. The fourth-order valence-corrected chi connectivity index (χ4v) is 4.35. The Balaban J connectivity index is 1.79. The van der Waals surface area contributed by atoms with Gasteiger partial charge in [0, 0.05) is 29.1 Å². The topological polar surface area (TPSA) is 46.3 Å². The van der Waals surface area contributed by atoms with Gasteiger partial charge in [-0.2, -0.15) is 4.52 Å². The van der Waals surface area contributed by atoms with Crippen LogP contribution in [-0.2, 0) is 0 Å². The summed E-state index contributed by atoms with van der Waals surface area (Å²) in [5, 5.41) is 10.6. The van der Waals surface area contributed by atoms with Crippen LogP contribution < -0.4 is 4.90 Å². The van der Waals surface area contributed by atoms with Gasteiger partial charge in [0.05, 0.1) is 5.52 Å². The van der Waals surface area contributed by atoms with Crippen molar-refractivity contribution in [2.24, 2.45) is 5.92 Å². The molecule has 1 aliphatic heterocycles. The van der Waals surface area contributed by atoms with E-state index >= 15 is 0 Å². The van der Waals surface area contributed by atoms with Crippen molar-refractivity contribution in [2.75, 3.05) is 18.0 Å². The number of anilines is 1. The number of halogens is 1.